The predicted molar refractivity (Wildman–Crippen MR) is 54.1 cm³/mol. The Bertz CT molecular complexity index is 531. The first-order valence-electron chi connectivity index (χ1n) is 5.01. The normalized spacial score (nSPS) is 12.4. The maximum Gasteiger partial charge on any atom is 0.377 e. The monoisotopic (exact) mass is 237 g/mol. The first-order valence-corrected chi connectivity index (χ1v) is 5.01. The van der Waals surface area contributed by atoms with Gasteiger partial charge in [0.15, 0.2) is 11.9 Å². The fourth-order valence-corrected chi connectivity index (χ4v) is 1.21. The van der Waals surface area contributed by atoms with Crippen molar-refractivity contribution in [2.24, 2.45) is 0 Å². The van der Waals surface area contributed by atoms with E-state index in [0.29, 0.717) is 11.5 Å². The van der Waals surface area contributed by atoms with Gasteiger partial charge in [0.25, 0.3) is 5.89 Å². The Morgan fingerprint density at radius 3 is 2.65 bits per heavy atom. The molecule has 0 amide bonds. The fourth-order valence-electron chi connectivity index (χ4n) is 1.21. The number of hydrogen-bond donors (Lipinski definition) is 0. The van der Waals surface area contributed by atoms with E-state index in [1.165, 1.54) is 6.07 Å². The van der Waals surface area contributed by atoms with E-state index < -0.39 is 12.1 Å². The number of carbonyl (C=O) groups excluding carboxylic acids is 1. The molecule has 90 valence electrons. The van der Waals surface area contributed by atoms with E-state index in [9.17, 15) is 4.79 Å². The van der Waals surface area contributed by atoms with Crippen LogP contribution in [0.4, 0.5) is 0 Å². The van der Waals surface area contributed by atoms with Crippen LogP contribution in [0.5, 0.6) is 0 Å². The molecule has 0 fully saturated rings. The van der Waals surface area contributed by atoms with Gasteiger partial charge in [-0.15, -0.1) is 0 Å². The minimum absolute atomic E-state index is 0.0468. The van der Waals surface area contributed by atoms with Crippen molar-refractivity contribution in [2.45, 2.75) is 26.9 Å². The topological polar surface area (TPSA) is 91.2 Å². The zero-order valence-corrected chi connectivity index (χ0v) is 9.63. The number of rotatable bonds is 3. The summed E-state index contributed by atoms with van der Waals surface area (Å²) < 4.78 is 14.7. The second-order valence-electron chi connectivity index (χ2n) is 3.56. The molecule has 17 heavy (non-hydrogen) atoms. The molecule has 2 aromatic heterocycles. The molecule has 2 rings (SSSR count). The summed E-state index contributed by atoms with van der Waals surface area (Å²) >= 11 is 0. The first kappa shape index (κ1) is 11.3. The smallest absolute Gasteiger partial charge is 0.377 e. The van der Waals surface area contributed by atoms with E-state index >= 15 is 0 Å². The quantitative estimate of drug-likeness (QED) is 0.748. The number of hydrogen-bond acceptors (Lipinski definition) is 7. The van der Waals surface area contributed by atoms with Crippen LogP contribution < -0.4 is 0 Å². The molecule has 0 radical (unpaired) electrons. The Balaban J connectivity index is 2.04. The standard InChI is InChI=1S/C10H11N3O4/c1-5-4-8(16-12-5)10(14)15-6(2)9-11-7(3)13-17-9/h4,6H,1-3H3. The third kappa shape index (κ3) is 2.49. The van der Waals surface area contributed by atoms with Gasteiger partial charge in [-0.3, -0.25) is 0 Å². The van der Waals surface area contributed by atoms with Crippen LogP contribution in [0.15, 0.2) is 15.1 Å². The van der Waals surface area contributed by atoms with Gasteiger partial charge in [-0.05, 0) is 20.8 Å². The Labute approximate surface area is 96.7 Å². The molecule has 1 unspecified atom stereocenters. The zero-order valence-electron chi connectivity index (χ0n) is 9.63. The molecule has 0 aromatic carbocycles. The van der Waals surface area contributed by atoms with E-state index in [1.807, 2.05) is 0 Å². The average Bonchev–Trinajstić information content (AvgIpc) is 2.87. The fraction of sp³-hybridized carbons (Fsp3) is 0.400. The first-order chi connectivity index (χ1) is 8.06. The molecule has 0 saturated carbocycles. The van der Waals surface area contributed by atoms with Gasteiger partial charge in [-0.1, -0.05) is 10.3 Å². The summed E-state index contributed by atoms with van der Waals surface area (Å²) in [4.78, 5) is 15.6. The van der Waals surface area contributed by atoms with E-state index in [1.54, 1.807) is 20.8 Å². The van der Waals surface area contributed by atoms with Crippen LogP contribution in [-0.2, 0) is 4.74 Å². The molecule has 0 aliphatic carbocycles. The molecular formula is C10H11N3O4. The van der Waals surface area contributed by atoms with E-state index in [4.69, 9.17) is 13.8 Å². The summed E-state index contributed by atoms with van der Waals surface area (Å²) in [6.45, 7) is 5.03. The van der Waals surface area contributed by atoms with Crippen molar-refractivity contribution >= 4 is 5.97 Å². The minimum Gasteiger partial charge on any atom is -0.447 e. The van der Waals surface area contributed by atoms with Crippen LogP contribution in [-0.4, -0.2) is 21.3 Å². The van der Waals surface area contributed by atoms with Crippen molar-refractivity contribution < 1.29 is 18.6 Å². The molecule has 0 aliphatic heterocycles. The van der Waals surface area contributed by atoms with Crippen molar-refractivity contribution in [1.29, 1.82) is 0 Å². The number of carbonyl (C=O) groups is 1. The highest BCUT2D eigenvalue weighted by atomic mass is 16.6. The largest absolute Gasteiger partial charge is 0.447 e. The Morgan fingerprint density at radius 2 is 2.12 bits per heavy atom. The zero-order chi connectivity index (χ0) is 12.4. The lowest BCUT2D eigenvalue weighted by atomic mass is 10.3. The Kier molecular flexibility index (Phi) is 2.90. The Hall–Kier alpha value is -2.18. The summed E-state index contributed by atoms with van der Waals surface area (Å²) in [6, 6.07) is 1.49. The summed E-state index contributed by atoms with van der Waals surface area (Å²) in [5, 5.41) is 7.20. The summed E-state index contributed by atoms with van der Waals surface area (Å²) in [5.41, 5.74) is 0.609. The average molecular weight is 237 g/mol. The van der Waals surface area contributed by atoms with Gasteiger partial charge in [-0.2, -0.15) is 4.98 Å². The Morgan fingerprint density at radius 1 is 1.35 bits per heavy atom. The number of nitrogens with zero attached hydrogens (tertiary/aromatic N) is 3. The van der Waals surface area contributed by atoms with Crippen LogP contribution in [0.2, 0.25) is 0 Å². The highest BCUT2D eigenvalue weighted by molar-refractivity contribution is 5.86. The number of aromatic nitrogens is 3. The van der Waals surface area contributed by atoms with Crippen LogP contribution in [0.1, 0.15) is 41.0 Å². The SMILES string of the molecule is Cc1cc(C(=O)OC(C)c2nc(C)no2)on1. The van der Waals surface area contributed by atoms with E-state index in [0.717, 1.165) is 0 Å². The van der Waals surface area contributed by atoms with Gasteiger partial charge < -0.3 is 13.8 Å². The number of esters is 1. The maximum absolute atomic E-state index is 11.6. The molecule has 0 spiro atoms. The molecule has 7 nitrogen and oxygen atoms in total. The third-order valence-corrected chi connectivity index (χ3v) is 2.00. The summed E-state index contributed by atoms with van der Waals surface area (Å²) in [6.07, 6.45) is -0.630. The maximum atomic E-state index is 11.6. The molecule has 2 heterocycles. The van der Waals surface area contributed by atoms with Gasteiger partial charge >= 0.3 is 5.97 Å². The molecule has 0 bridgehead atoms. The second-order valence-corrected chi connectivity index (χ2v) is 3.56. The summed E-state index contributed by atoms with van der Waals surface area (Å²) in [5.74, 6) is 0.157. The van der Waals surface area contributed by atoms with Gasteiger partial charge in [0.1, 0.15) is 0 Å². The summed E-state index contributed by atoms with van der Waals surface area (Å²) in [7, 11) is 0. The van der Waals surface area contributed by atoms with E-state index in [-0.39, 0.29) is 11.7 Å². The van der Waals surface area contributed by atoms with Crippen LogP contribution in [0.3, 0.4) is 0 Å². The lowest BCUT2D eigenvalue weighted by Gasteiger charge is -2.06. The third-order valence-electron chi connectivity index (χ3n) is 2.00. The van der Waals surface area contributed by atoms with Gasteiger partial charge in [0.2, 0.25) is 5.76 Å². The second kappa shape index (κ2) is 4.36. The van der Waals surface area contributed by atoms with Gasteiger partial charge in [0, 0.05) is 6.07 Å². The molecule has 0 saturated heterocycles. The molecule has 2 aromatic rings. The lowest BCUT2D eigenvalue weighted by Crippen LogP contribution is -2.08. The molecule has 0 aliphatic rings. The van der Waals surface area contributed by atoms with Crippen LogP contribution in [0.25, 0.3) is 0 Å². The van der Waals surface area contributed by atoms with Crippen LogP contribution in [0, 0.1) is 13.8 Å². The van der Waals surface area contributed by atoms with Crippen molar-refractivity contribution in [3.63, 3.8) is 0 Å². The highest BCUT2D eigenvalue weighted by Gasteiger charge is 2.21. The lowest BCUT2D eigenvalue weighted by molar-refractivity contribution is 0.0221. The minimum atomic E-state index is -0.630. The van der Waals surface area contributed by atoms with Crippen LogP contribution >= 0.6 is 0 Å². The van der Waals surface area contributed by atoms with Crippen molar-refractivity contribution in [3.05, 3.63) is 29.2 Å². The van der Waals surface area contributed by atoms with E-state index in [2.05, 4.69) is 15.3 Å². The number of aryl methyl sites for hydroxylation is 2. The highest BCUT2D eigenvalue weighted by Crippen LogP contribution is 2.16. The molecule has 0 N–H and O–H groups in total. The molecule has 7 heteroatoms. The van der Waals surface area contributed by atoms with Gasteiger partial charge in [-0.25, -0.2) is 4.79 Å². The number of ether oxygens (including phenoxy) is 1. The molecular weight excluding hydrogens is 226 g/mol. The predicted octanol–water partition coefficient (Wildman–Crippen LogP) is 1.59. The van der Waals surface area contributed by atoms with Gasteiger partial charge in [0.05, 0.1) is 5.69 Å². The van der Waals surface area contributed by atoms with Crippen molar-refractivity contribution in [1.82, 2.24) is 15.3 Å². The molecule has 1 atom stereocenters. The van der Waals surface area contributed by atoms with Crippen molar-refractivity contribution in [3.8, 4) is 0 Å². The van der Waals surface area contributed by atoms with Crippen molar-refractivity contribution in [2.75, 3.05) is 0 Å².